The predicted octanol–water partition coefficient (Wildman–Crippen LogP) is 2.11. The summed E-state index contributed by atoms with van der Waals surface area (Å²) in [6, 6.07) is 3.62. The van der Waals surface area contributed by atoms with Crippen LogP contribution in [-0.2, 0) is 9.63 Å². The Morgan fingerprint density at radius 1 is 1.17 bits per heavy atom. The number of hydroxylamine groups is 1. The van der Waals surface area contributed by atoms with E-state index in [1.165, 1.54) is 12.2 Å². The molecule has 18 heavy (non-hydrogen) atoms. The Balaban J connectivity index is 2.58. The van der Waals surface area contributed by atoms with Crippen molar-refractivity contribution in [3.8, 4) is 11.5 Å². The van der Waals surface area contributed by atoms with Crippen LogP contribution >= 0.6 is 0 Å². The summed E-state index contributed by atoms with van der Waals surface area (Å²) >= 11 is 0. The Morgan fingerprint density at radius 2 is 1.78 bits per heavy atom. The van der Waals surface area contributed by atoms with Gasteiger partial charge in [-0.3, -0.25) is 9.63 Å². The van der Waals surface area contributed by atoms with Gasteiger partial charge in [0.1, 0.15) is 0 Å². The summed E-state index contributed by atoms with van der Waals surface area (Å²) in [6.07, 6.45) is 0.723. The molecule has 1 aromatic carbocycles. The Kier molecular flexibility index (Phi) is 3.43. The van der Waals surface area contributed by atoms with Crippen LogP contribution in [0.15, 0.2) is 12.1 Å². The van der Waals surface area contributed by atoms with E-state index in [2.05, 4.69) is 0 Å². The summed E-state index contributed by atoms with van der Waals surface area (Å²) in [5.41, 5.74) is 1.65. The normalized spacial score (nSPS) is 17.9. The zero-order valence-corrected chi connectivity index (χ0v) is 11.0. The third-order valence-electron chi connectivity index (χ3n) is 3.22. The first-order valence-electron chi connectivity index (χ1n) is 5.81. The van der Waals surface area contributed by atoms with E-state index in [-0.39, 0.29) is 11.8 Å². The summed E-state index contributed by atoms with van der Waals surface area (Å²) < 4.78 is 10.5. The van der Waals surface area contributed by atoms with Crippen LogP contribution in [0.3, 0.4) is 0 Å². The van der Waals surface area contributed by atoms with Gasteiger partial charge in [0.15, 0.2) is 11.5 Å². The van der Waals surface area contributed by atoms with Gasteiger partial charge in [-0.1, -0.05) is 6.92 Å². The van der Waals surface area contributed by atoms with Gasteiger partial charge in [-0.05, 0) is 18.1 Å². The number of methoxy groups -OCH3 is 2. The van der Waals surface area contributed by atoms with Gasteiger partial charge in [0.25, 0.3) is 5.91 Å². The largest absolute Gasteiger partial charge is 0.493 e. The van der Waals surface area contributed by atoms with Gasteiger partial charge in [0, 0.05) is 6.07 Å². The molecule has 0 fully saturated rings. The van der Waals surface area contributed by atoms with Crippen LogP contribution < -0.4 is 14.5 Å². The van der Waals surface area contributed by atoms with Crippen LogP contribution in [0.2, 0.25) is 0 Å². The molecule has 5 heteroatoms. The number of carbonyl (C=O) groups excluding carboxylic acids is 1. The van der Waals surface area contributed by atoms with Gasteiger partial charge in [-0.2, -0.15) is 5.06 Å². The van der Waals surface area contributed by atoms with Crippen molar-refractivity contribution in [2.75, 3.05) is 26.4 Å². The highest BCUT2D eigenvalue weighted by Gasteiger charge is 2.38. The van der Waals surface area contributed by atoms with Crippen molar-refractivity contribution in [3.63, 3.8) is 0 Å². The van der Waals surface area contributed by atoms with Crippen molar-refractivity contribution in [2.45, 2.75) is 19.3 Å². The Labute approximate surface area is 106 Å². The van der Waals surface area contributed by atoms with E-state index in [9.17, 15) is 4.79 Å². The molecule has 1 amide bonds. The quantitative estimate of drug-likeness (QED) is 0.822. The van der Waals surface area contributed by atoms with Crippen LogP contribution in [0.25, 0.3) is 0 Å². The minimum atomic E-state index is -0.181. The first kappa shape index (κ1) is 12.7. The number of hydrogen-bond donors (Lipinski definition) is 0. The lowest BCUT2D eigenvalue weighted by molar-refractivity contribution is -0.125. The number of fused-ring (bicyclic) bond motifs is 1. The van der Waals surface area contributed by atoms with Crippen LogP contribution in [0.1, 0.15) is 24.8 Å². The lowest BCUT2D eigenvalue weighted by atomic mass is 9.98. The van der Waals surface area contributed by atoms with Crippen molar-refractivity contribution in [2.24, 2.45) is 0 Å². The molecule has 98 valence electrons. The topological polar surface area (TPSA) is 48.0 Å². The molecule has 0 aliphatic carbocycles. The molecule has 0 N–H and O–H groups in total. The Bertz CT molecular complexity index is 431. The zero-order valence-electron chi connectivity index (χ0n) is 11.0. The molecule has 1 heterocycles. The van der Waals surface area contributed by atoms with Gasteiger partial charge >= 0.3 is 0 Å². The van der Waals surface area contributed by atoms with E-state index in [0.29, 0.717) is 11.5 Å². The predicted molar refractivity (Wildman–Crippen MR) is 67.1 cm³/mol. The second kappa shape index (κ2) is 4.86. The number of benzene rings is 1. The number of rotatable bonds is 4. The molecule has 2 rings (SSSR count). The third kappa shape index (κ3) is 1.71. The fourth-order valence-corrected chi connectivity index (χ4v) is 2.32. The highest BCUT2D eigenvalue weighted by atomic mass is 16.7. The molecule has 0 radical (unpaired) electrons. The second-order valence-corrected chi connectivity index (χ2v) is 4.04. The van der Waals surface area contributed by atoms with E-state index >= 15 is 0 Å². The van der Waals surface area contributed by atoms with Gasteiger partial charge in [0.05, 0.1) is 32.9 Å². The fraction of sp³-hybridized carbons (Fsp3) is 0.462. The monoisotopic (exact) mass is 251 g/mol. The second-order valence-electron chi connectivity index (χ2n) is 4.04. The van der Waals surface area contributed by atoms with Crippen LogP contribution in [-0.4, -0.2) is 27.2 Å². The van der Waals surface area contributed by atoms with Crippen LogP contribution in [0.4, 0.5) is 5.69 Å². The van der Waals surface area contributed by atoms with E-state index in [0.717, 1.165) is 17.7 Å². The summed E-state index contributed by atoms with van der Waals surface area (Å²) in [5, 5.41) is 1.31. The number of nitrogens with zero attached hydrogens (tertiary/aromatic N) is 1. The van der Waals surface area contributed by atoms with E-state index in [1.807, 2.05) is 13.0 Å². The first-order chi connectivity index (χ1) is 8.67. The molecule has 0 bridgehead atoms. The lowest BCUT2D eigenvalue weighted by Crippen LogP contribution is -2.27. The first-order valence-corrected chi connectivity index (χ1v) is 5.81. The molecule has 1 aromatic rings. The van der Waals surface area contributed by atoms with Crippen molar-refractivity contribution >= 4 is 11.6 Å². The highest BCUT2D eigenvalue weighted by Crippen LogP contribution is 2.44. The van der Waals surface area contributed by atoms with E-state index < -0.39 is 0 Å². The van der Waals surface area contributed by atoms with Gasteiger partial charge in [-0.15, -0.1) is 0 Å². The van der Waals surface area contributed by atoms with Crippen molar-refractivity contribution in [3.05, 3.63) is 17.7 Å². The fourth-order valence-electron chi connectivity index (χ4n) is 2.32. The maximum Gasteiger partial charge on any atom is 0.258 e. The highest BCUT2D eigenvalue weighted by molar-refractivity contribution is 6.03. The maximum atomic E-state index is 12.1. The zero-order chi connectivity index (χ0) is 13.3. The number of ether oxygens (including phenoxy) is 2. The molecule has 0 saturated heterocycles. The van der Waals surface area contributed by atoms with E-state index in [1.54, 1.807) is 20.3 Å². The van der Waals surface area contributed by atoms with Crippen molar-refractivity contribution in [1.29, 1.82) is 0 Å². The van der Waals surface area contributed by atoms with Gasteiger partial charge in [0.2, 0.25) is 0 Å². The molecule has 5 nitrogen and oxygen atoms in total. The van der Waals surface area contributed by atoms with Crippen LogP contribution in [0.5, 0.6) is 11.5 Å². The third-order valence-corrected chi connectivity index (χ3v) is 3.22. The summed E-state index contributed by atoms with van der Waals surface area (Å²) in [7, 11) is 4.63. The Morgan fingerprint density at radius 3 is 2.28 bits per heavy atom. The van der Waals surface area contributed by atoms with Crippen LogP contribution in [0, 0.1) is 0 Å². The number of anilines is 1. The Hall–Kier alpha value is -1.75. The molecule has 1 unspecified atom stereocenters. The van der Waals surface area contributed by atoms with E-state index in [4.69, 9.17) is 14.3 Å². The number of hydrogen-bond acceptors (Lipinski definition) is 4. The standard InChI is InChI=1S/C13H17NO4/c1-5-8-9-6-11(16-2)12(17-3)7-10(9)14(18-4)13(8)15/h6-8H,5H2,1-4H3. The molecule has 1 aliphatic heterocycles. The molecule has 0 spiro atoms. The average molecular weight is 251 g/mol. The molecular weight excluding hydrogens is 234 g/mol. The lowest BCUT2D eigenvalue weighted by Gasteiger charge is -2.15. The summed E-state index contributed by atoms with van der Waals surface area (Å²) in [6.45, 7) is 1.97. The molecule has 1 atom stereocenters. The molecular formula is C13H17NO4. The number of amides is 1. The van der Waals surface area contributed by atoms with Crippen molar-refractivity contribution in [1.82, 2.24) is 0 Å². The molecule has 0 aromatic heterocycles. The molecule has 0 saturated carbocycles. The minimum absolute atomic E-state index is 0.0506. The SMILES string of the molecule is CCC1C(=O)N(OC)c2cc(OC)c(OC)cc21. The molecule has 1 aliphatic rings. The smallest absolute Gasteiger partial charge is 0.258 e. The van der Waals surface area contributed by atoms with Gasteiger partial charge in [-0.25, -0.2) is 0 Å². The summed E-state index contributed by atoms with van der Waals surface area (Å²) in [5.74, 6) is 0.980. The summed E-state index contributed by atoms with van der Waals surface area (Å²) in [4.78, 5) is 17.3. The minimum Gasteiger partial charge on any atom is -0.493 e. The van der Waals surface area contributed by atoms with Crippen molar-refractivity contribution < 1.29 is 19.1 Å². The maximum absolute atomic E-state index is 12.1. The average Bonchev–Trinajstić information content (AvgIpc) is 2.66. The number of carbonyl (C=O) groups is 1. The van der Waals surface area contributed by atoms with Gasteiger partial charge < -0.3 is 9.47 Å².